The Kier molecular flexibility index (Phi) is 4.09. The summed E-state index contributed by atoms with van der Waals surface area (Å²) < 4.78 is 19.3. The lowest BCUT2D eigenvalue weighted by molar-refractivity contribution is 0.556. The van der Waals surface area contributed by atoms with E-state index >= 15 is 0 Å². The highest BCUT2D eigenvalue weighted by Gasteiger charge is 2.11. The third kappa shape index (κ3) is 2.94. The van der Waals surface area contributed by atoms with Crippen LogP contribution in [0.3, 0.4) is 0 Å². The maximum Gasteiger partial charge on any atom is 0.336 e. The third-order valence-corrected chi connectivity index (χ3v) is 4.23. The number of anilines is 1. The van der Waals surface area contributed by atoms with Crippen LogP contribution in [0.4, 0.5) is 10.1 Å². The molecule has 0 atom stereocenters. The minimum atomic E-state index is -0.506. The number of hydrogen-bond donors (Lipinski definition) is 1. The first-order valence-electron chi connectivity index (χ1n) is 7.18. The highest BCUT2D eigenvalue weighted by Crippen LogP contribution is 2.26. The van der Waals surface area contributed by atoms with Gasteiger partial charge in [-0.05, 0) is 42.7 Å². The van der Waals surface area contributed by atoms with E-state index in [0.717, 1.165) is 22.1 Å². The standard InChI is InChI=1S/C18H15ClFNO2/c1-10-6-7-13-12(8-16(22)23-18(13)11(10)2)9-21-15-5-3-4-14(19)17(15)20/h3-8,21H,9H2,1-2H3. The molecule has 23 heavy (non-hydrogen) atoms. The molecular weight excluding hydrogens is 317 g/mol. The Morgan fingerprint density at radius 2 is 2.00 bits per heavy atom. The van der Waals surface area contributed by atoms with Gasteiger partial charge in [-0.1, -0.05) is 29.8 Å². The predicted molar refractivity (Wildman–Crippen MR) is 90.7 cm³/mol. The molecule has 0 bridgehead atoms. The maximum absolute atomic E-state index is 13.9. The first kappa shape index (κ1) is 15.6. The van der Waals surface area contributed by atoms with Gasteiger partial charge in [-0.2, -0.15) is 0 Å². The van der Waals surface area contributed by atoms with Crippen molar-refractivity contribution in [2.75, 3.05) is 5.32 Å². The van der Waals surface area contributed by atoms with Crippen molar-refractivity contribution in [3.63, 3.8) is 0 Å². The van der Waals surface area contributed by atoms with Crippen LogP contribution in [-0.2, 0) is 6.54 Å². The molecule has 3 nitrogen and oxygen atoms in total. The molecule has 0 aliphatic heterocycles. The van der Waals surface area contributed by atoms with E-state index < -0.39 is 11.4 Å². The summed E-state index contributed by atoms with van der Waals surface area (Å²) in [5.41, 5.74) is 3.17. The SMILES string of the molecule is Cc1ccc2c(CNc3cccc(Cl)c3F)cc(=O)oc2c1C. The van der Waals surface area contributed by atoms with E-state index in [2.05, 4.69) is 5.32 Å². The number of rotatable bonds is 3. The van der Waals surface area contributed by atoms with Crippen LogP contribution in [0.25, 0.3) is 11.0 Å². The Balaban J connectivity index is 2.02. The van der Waals surface area contributed by atoms with Crippen molar-refractivity contribution in [2.45, 2.75) is 20.4 Å². The van der Waals surface area contributed by atoms with Gasteiger partial charge in [-0.15, -0.1) is 0 Å². The van der Waals surface area contributed by atoms with Gasteiger partial charge in [0.2, 0.25) is 0 Å². The molecule has 2 aromatic carbocycles. The Bertz CT molecular complexity index is 950. The molecule has 5 heteroatoms. The highest BCUT2D eigenvalue weighted by atomic mass is 35.5. The van der Waals surface area contributed by atoms with E-state index in [1.807, 2.05) is 26.0 Å². The summed E-state index contributed by atoms with van der Waals surface area (Å²) in [7, 11) is 0. The topological polar surface area (TPSA) is 42.2 Å². The molecule has 1 aromatic heterocycles. The van der Waals surface area contributed by atoms with Crippen molar-refractivity contribution in [3.8, 4) is 0 Å². The molecule has 118 valence electrons. The minimum absolute atomic E-state index is 0.0545. The summed E-state index contributed by atoms with van der Waals surface area (Å²) in [6, 6.07) is 10.1. The number of hydrogen-bond acceptors (Lipinski definition) is 3. The van der Waals surface area contributed by atoms with E-state index in [4.69, 9.17) is 16.0 Å². The van der Waals surface area contributed by atoms with Gasteiger partial charge in [0.25, 0.3) is 0 Å². The van der Waals surface area contributed by atoms with Gasteiger partial charge in [0.1, 0.15) is 5.58 Å². The molecule has 0 spiro atoms. The van der Waals surface area contributed by atoms with Crippen LogP contribution in [0.15, 0.2) is 45.6 Å². The minimum Gasteiger partial charge on any atom is -0.422 e. The Hall–Kier alpha value is -2.33. The summed E-state index contributed by atoms with van der Waals surface area (Å²) in [5.74, 6) is -0.506. The van der Waals surface area contributed by atoms with Crippen LogP contribution in [0, 0.1) is 19.7 Å². The zero-order chi connectivity index (χ0) is 16.6. The molecule has 0 fully saturated rings. The second-order valence-corrected chi connectivity index (χ2v) is 5.84. The van der Waals surface area contributed by atoms with Gasteiger partial charge in [-0.25, -0.2) is 9.18 Å². The van der Waals surface area contributed by atoms with Gasteiger partial charge in [0, 0.05) is 18.0 Å². The summed E-state index contributed by atoms with van der Waals surface area (Å²) >= 11 is 5.77. The largest absolute Gasteiger partial charge is 0.422 e. The van der Waals surface area contributed by atoms with Crippen LogP contribution < -0.4 is 10.9 Å². The first-order valence-corrected chi connectivity index (χ1v) is 7.56. The van der Waals surface area contributed by atoms with Gasteiger partial charge < -0.3 is 9.73 Å². The number of halogens is 2. The number of nitrogens with one attached hydrogen (secondary N) is 1. The predicted octanol–water partition coefficient (Wildman–Crippen LogP) is 4.81. The fraction of sp³-hybridized carbons (Fsp3) is 0.167. The summed E-state index contributed by atoms with van der Waals surface area (Å²) in [6.07, 6.45) is 0. The van der Waals surface area contributed by atoms with Gasteiger partial charge in [0.05, 0.1) is 10.7 Å². The van der Waals surface area contributed by atoms with E-state index in [9.17, 15) is 9.18 Å². The first-order chi connectivity index (χ1) is 11.0. The molecule has 1 heterocycles. The number of fused-ring (bicyclic) bond motifs is 1. The molecule has 3 rings (SSSR count). The molecule has 0 saturated carbocycles. The normalized spacial score (nSPS) is 11.0. The van der Waals surface area contributed by atoms with E-state index in [1.54, 1.807) is 12.1 Å². The lowest BCUT2D eigenvalue weighted by Crippen LogP contribution is -2.07. The lowest BCUT2D eigenvalue weighted by Gasteiger charge is -2.11. The molecular formula is C18H15ClFNO2. The second kappa shape index (κ2) is 6.05. The van der Waals surface area contributed by atoms with Crippen molar-refractivity contribution < 1.29 is 8.81 Å². The maximum atomic E-state index is 13.9. The molecule has 0 radical (unpaired) electrons. The van der Waals surface area contributed by atoms with E-state index in [-0.39, 0.29) is 5.02 Å². The second-order valence-electron chi connectivity index (χ2n) is 5.43. The third-order valence-electron chi connectivity index (χ3n) is 3.94. The van der Waals surface area contributed by atoms with Gasteiger partial charge >= 0.3 is 5.63 Å². The Morgan fingerprint density at radius 3 is 2.78 bits per heavy atom. The number of aryl methyl sites for hydroxylation is 2. The lowest BCUT2D eigenvalue weighted by atomic mass is 10.0. The van der Waals surface area contributed by atoms with Crippen LogP contribution in [0.5, 0.6) is 0 Å². The Labute approximate surface area is 137 Å². The van der Waals surface area contributed by atoms with Crippen LogP contribution >= 0.6 is 11.6 Å². The molecule has 1 N–H and O–H groups in total. The summed E-state index contributed by atoms with van der Waals surface area (Å²) in [6.45, 7) is 4.16. The van der Waals surface area contributed by atoms with Crippen molar-refractivity contribution in [2.24, 2.45) is 0 Å². The molecule has 0 aliphatic rings. The molecule has 0 unspecified atom stereocenters. The van der Waals surface area contributed by atoms with Gasteiger partial charge in [-0.3, -0.25) is 0 Å². The van der Waals surface area contributed by atoms with Gasteiger partial charge in [0.15, 0.2) is 5.82 Å². The fourth-order valence-corrected chi connectivity index (χ4v) is 2.68. The quantitative estimate of drug-likeness (QED) is 0.700. The van der Waals surface area contributed by atoms with Crippen molar-refractivity contribution in [1.29, 1.82) is 0 Å². The van der Waals surface area contributed by atoms with Crippen LogP contribution in [0.2, 0.25) is 5.02 Å². The number of benzene rings is 2. The average Bonchev–Trinajstić information content (AvgIpc) is 2.52. The Morgan fingerprint density at radius 1 is 1.22 bits per heavy atom. The molecule has 0 amide bonds. The smallest absolute Gasteiger partial charge is 0.336 e. The zero-order valence-electron chi connectivity index (χ0n) is 12.7. The fourth-order valence-electron chi connectivity index (χ4n) is 2.50. The van der Waals surface area contributed by atoms with Crippen LogP contribution in [-0.4, -0.2) is 0 Å². The molecule has 0 saturated heterocycles. The zero-order valence-corrected chi connectivity index (χ0v) is 13.5. The monoisotopic (exact) mass is 331 g/mol. The van der Waals surface area contributed by atoms with Crippen molar-refractivity contribution >= 4 is 28.3 Å². The van der Waals surface area contributed by atoms with Crippen LogP contribution in [0.1, 0.15) is 16.7 Å². The van der Waals surface area contributed by atoms with E-state index in [1.165, 1.54) is 12.1 Å². The highest BCUT2D eigenvalue weighted by molar-refractivity contribution is 6.31. The summed E-state index contributed by atoms with van der Waals surface area (Å²) in [5, 5.41) is 3.87. The molecule has 3 aromatic rings. The summed E-state index contributed by atoms with van der Waals surface area (Å²) in [4.78, 5) is 11.8. The van der Waals surface area contributed by atoms with Crippen molar-refractivity contribution in [3.05, 3.63) is 74.3 Å². The van der Waals surface area contributed by atoms with E-state index in [0.29, 0.717) is 17.8 Å². The van der Waals surface area contributed by atoms with Crippen molar-refractivity contribution in [1.82, 2.24) is 0 Å². The molecule has 0 aliphatic carbocycles. The average molecular weight is 332 g/mol.